The van der Waals surface area contributed by atoms with Gasteiger partial charge in [-0.2, -0.15) is 0 Å². The third-order valence-electron chi connectivity index (χ3n) is 1.27. The molecule has 0 aromatic carbocycles. The summed E-state index contributed by atoms with van der Waals surface area (Å²) in [5, 5.41) is 10.8. The van der Waals surface area contributed by atoms with Gasteiger partial charge < -0.3 is 26.4 Å². The van der Waals surface area contributed by atoms with Crippen LogP contribution >= 0.6 is 0 Å². The molecule has 0 atom stereocenters. The van der Waals surface area contributed by atoms with Crippen LogP contribution in [0.4, 0.5) is 0 Å². The number of rotatable bonds is 11. The lowest BCUT2D eigenvalue weighted by Crippen LogP contribution is -2.29. The second kappa shape index (κ2) is 12.6. The van der Waals surface area contributed by atoms with Crippen molar-refractivity contribution in [3.05, 3.63) is 11.3 Å². The summed E-state index contributed by atoms with van der Waals surface area (Å²) in [5.41, 5.74) is 0. The maximum atomic E-state index is 10.7. The number of carboxylic acids is 1. The van der Waals surface area contributed by atoms with Crippen molar-refractivity contribution in [3.63, 3.8) is 0 Å². The standard InChI is InChI=1S/C6H9O6Si5/c1-2-3-4-5(6(7)8)14-10-16-12-17-11-15-9-13/h4H,2-3H2,1H3,(H,7,8)/p-1/b5-4+. The molecule has 11 radical (unpaired) electrons. The Kier molecular flexibility index (Phi) is 12.7. The van der Waals surface area contributed by atoms with Crippen LogP contribution in [0.2, 0.25) is 0 Å². The van der Waals surface area contributed by atoms with Gasteiger partial charge in [-0.05, 0) is 11.6 Å². The second-order valence-electron chi connectivity index (χ2n) is 2.45. The highest BCUT2D eigenvalue weighted by molar-refractivity contribution is 6.54. The fourth-order valence-corrected chi connectivity index (χ4v) is 3.44. The molecule has 0 fully saturated rings. The van der Waals surface area contributed by atoms with Gasteiger partial charge in [0.25, 0.3) is 9.76 Å². The van der Waals surface area contributed by atoms with E-state index >= 15 is 0 Å². The molecule has 0 amide bonds. The van der Waals surface area contributed by atoms with Gasteiger partial charge in [0.15, 0.2) is 0 Å². The van der Waals surface area contributed by atoms with Crippen molar-refractivity contribution in [1.82, 2.24) is 0 Å². The van der Waals surface area contributed by atoms with Gasteiger partial charge in [0.2, 0.25) is 10.5 Å². The summed E-state index contributed by atoms with van der Waals surface area (Å²) in [6.07, 6.45) is 3.18. The van der Waals surface area contributed by atoms with E-state index in [1.165, 1.54) is 0 Å². The lowest BCUT2D eigenvalue weighted by Gasteiger charge is -2.07. The summed E-state index contributed by atoms with van der Waals surface area (Å²) in [7, 11) is 1.88. The summed E-state index contributed by atoms with van der Waals surface area (Å²) in [5.74, 6) is -1.20. The number of allylic oxidation sites excluding steroid dienone is 1. The molecule has 0 saturated heterocycles. The molecule has 0 saturated carbocycles. The molecule has 0 spiro atoms. The zero-order chi connectivity index (χ0) is 12.9. The van der Waals surface area contributed by atoms with Crippen LogP contribution in [0, 0.1) is 0 Å². The third kappa shape index (κ3) is 11.0. The van der Waals surface area contributed by atoms with Crippen LogP contribution < -0.4 is 5.11 Å². The minimum atomic E-state index is -1.20. The molecule has 6 nitrogen and oxygen atoms in total. The summed E-state index contributed by atoms with van der Waals surface area (Å²) in [6, 6.07) is 0. The zero-order valence-electron chi connectivity index (χ0n) is 8.94. The van der Waals surface area contributed by atoms with Gasteiger partial charge >= 0.3 is 30.0 Å². The van der Waals surface area contributed by atoms with E-state index in [0.717, 1.165) is 6.42 Å². The third-order valence-corrected chi connectivity index (χ3v) is 4.30. The maximum Gasteiger partial charge on any atom is 0.412 e. The fraction of sp³-hybridized carbons (Fsp3) is 0.500. The fourth-order valence-electron chi connectivity index (χ4n) is 0.628. The highest BCUT2D eigenvalue weighted by Gasteiger charge is 2.04. The lowest BCUT2D eigenvalue weighted by atomic mass is 10.3. The van der Waals surface area contributed by atoms with Gasteiger partial charge in [-0.25, -0.2) is 0 Å². The predicted octanol–water partition coefficient (Wildman–Crippen LogP) is -2.21. The van der Waals surface area contributed by atoms with Crippen molar-refractivity contribution < 1.29 is 26.4 Å². The Morgan fingerprint density at radius 2 is 1.94 bits per heavy atom. The monoisotopic (exact) mass is 316 g/mol. The molecule has 89 valence electrons. The van der Waals surface area contributed by atoms with E-state index in [0.29, 0.717) is 6.42 Å². The Bertz CT molecular complexity index is 237. The molecule has 0 aliphatic rings. The molecule has 0 aliphatic heterocycles. The van der Waals surface area contributed by atoms with Crippen LogP contribution in [0.1, 0.15) is 19.8 Å². The van der Waals surface area contributed by atoms with E-state index < -0.39 is 5.97 Å². The molecular weight excluding hydrogens is 308 g/mol. The van der Waals surface area contributed by atoms with Crippen molar-refractivity contribution in [1.29, 1.82) is 0 Å². The molecule has 17 heavy (non-hydrogen) atoms. The first-order chi connectivity index (χ1) is 8.22. The number of unbranched alkanes of at least 4 members (excludes halogenated alkanes) is 1. The van der Waals surface area contributed by atoms with Crippen LogP contribution in [0.3, 0.4) is 0 Å². The van der Waals surface area contributed by atoms with Crippen molar-refractivity contribution in [2.45, 2.75) is 19.8 Å². The van der Waals surface area contributed by atoms with E-state index in [1.54, 1.807) is 6.08 Å². The Labute approximate surface area is 114 Å². The van der Waals surface area contributed by atoms with Crippen LogP contribution in [-0.4, -0.2) is 56.2 Å². The van der Waals surface area contributed by atoms with Gasteiger partial charge in [0.05, 0.1) is 5.97 Å². The Hall–Kier alpha value is 0.134. The number of carboxylic acid groups (broad SMARTS) is 1. The lowest BCUT2D eigenvalue weighted by molar-refractivity contribution is -0.298. The van der Waals surface area contributed by atoms with Gasteiger partial charge in [-0.3, -0.25) is 0 Å². The van der Waals surface area contributed by atoms with E-state index in [2.05, 4.69) is 14.6 Å². The summed E-state index contributed by atoms with van der Waals surface area (Å²) in [4.78, 5) is 10.7. The molecule has 0 unspecified atom stereocenters. The summed E-state index contributed by atoms with van der Waals surface area (Å²) in [6.45, 7) is 1.96. The van der Waals surface area contributed by atoms with Crippen LogP contribution in [0.5, 0.6) is 0 Å². The average Bonchev–Trinajstić information content (AvgIpc) is 2.31. The van der Waals surface area contributed by atoms with Gasteiger partial charge in [0.1, 0.15) is 0 Å². The first-order valence-corrected chi connectivity index (χ1v) is 8.21. The Balaban J connectivity index is 3.58. The minimum Gasteiger partial charge on any atom is -0.546 e. The number of aliphatic carboxylic acids is 1. The van der Waals surface area contributed by atoms with Gasteiger partial charge in [-0.15, -0.1) is 0 Å². The second-order valence-corrected chi connectivity index (χ2v) is 6.96. The van der Waals surface area contributed by atoms with Crippen molar-refractivity contribution >= 4 is 56.2 Å². The van der Waals surface area contributed by atoms with Crippen molar-refractivity contribution in [3.8, 4) is 0 Å². The molecule has 0 aliphatic carbocycles. The molecule has 0 heterocycles. The number of hydrogen-bond donors (Lipinski definition) is 0. The number of carbonyl (C=O) groups excluding carboxylic acids is 1. The molecule has 0 aromatic rings. The molecule has 0 bridgehead atoms. The largest absolute Gasteiger partial charge is 0.546 e. The molecule has 0 N–H and O–H groups in total. The van der Waals surface area contributed by atoms with Crippen molar-refractivity contribution in [2.75, 3.05) is 0 Å². The molecule has 11 heteroatoms. The summed E-state index contributed by atoms with van der Waals surface area (Å²) >= 11 is 0. The van der Waals surface area contributed by atoms with E-state index in [-0.39, 0.29) is 45.0 Å². The Morgan fingerprint density at radius 1 is 1.29 bits per heavy atom. The van der Waals surface area contributed by atoms with Gasteiger partial charge in [0, 0.05) is 0 Å². The van der Waals surface area contributed by atoms with E-state index in [4.69, 9.17) is 12.3 Å². The summed E-state index contributed by atoms with van der Waals surface area (Å²) < 4.78 is 19.3. The zero-order valence-corrected chi connectivity index (χ0v) is 13.9. The number of hydrogen-bond acceptors (Lipinski definition) is 6. The normalized spacial score (nSPS) is 11.8. The number of carbonyl (C=O) groups is 1. The topological polar surface area (TPSA) is 77.0 Å². The predicted molar refractivity (Wildman–Crippen MR) is 61.1 cm³/mol. The van der Waals surface area contributed by atoms with Crippen LogP contribution in [0.25, 0.3) is 0 Å². The minimum absolute atomic E-state index is 0.145. The van der Waals surface area contributed by atoms with E-state index in [9.17, 15) is 9.90 Å². The highest BCUT2D eigenvalue weighted by atomic mass is 28.4. The molecule has 0 aromatic heterocycles. The van der Waals surface area contributed by atoms with Gasteiger partial charge in [-0.1, -0.05) is 19.4 Å². The van der Waals surface area contributed by atoms with Crippen LogP contribution in [-0.2, 0) is 21.3 Å². The first kappa shape index (κ1) is 17.1. The smallest absolute Gasteiger partial charge is 0.412 e. The quantitative estimate of drug-likeness (QED) is 0.244. The van der Waals surface area contributed by atoms with E-state index in [1.807, 2.05) is 6.92 Å². The van der Waals surface area contributed by atoms with Crippen molar-refractivity contribution in [2.24, 2.45) is 0 Å². The highest BCUT2D eigenvalue weighted by Crippen LogP contribution is 1.97. The average molecular weight is 317 g/mol. The first-order valence-electron chi connectivity index (χ1n) is 4.45. The molecule has 0 rings (SSSR count). The van der Waals surface area contributed by atoms with Crippen LogP contribution in [0.15, 0.2) is 11.3 Å². The molecular formula is C6H8O6Si5-. The Morgan fingerprint density at radius 3 is 2.53 bits per heavy atom. The SMILES string of the molecule is CCC/C=C(/[Si]O[Si]O[Si]O[Si]O[Si])C(=O)[O-]. The maximum absolute atomic E-state index is 10.7.